The van der Waals surface area contributed by atoms with Crippen LogP contribution in [0.3, 0.4) is 0 Å². The van der Waals surface area contributed by atoms with E-state index < -0.39 is 0 Å². The Morgan fingerprint density at radius 2 is 1.80 bits per heavy atom. The molecule has 4 rings (SSSR count). The van der Waals surface area contributed by atoms with Crippen LogP contribution >= 0.6 is 0 Å². The molecule has 25 heavy (non-hydrogen) atoms. The number of benzene rings is 2. The van der Waals surface area contributed by atoms with Gasteiger partial charge in [0.25, 0.3) is 5.82 Å². The van der Waals surface area contributed by atoms with Crippen molar-refractivity contribution in [2.75, 3.05) is 12.8 Å². The molecule has 0 aliphatic carbocycles. The highest BCUT2D eigenvalue weighted by molar-refractivity contribution is 5.60. The molecule has 0 saturated heterocycles. The number of hydrogen-bond donors (Lipinski definition) is 1. The van der Waals surface area contributed by atoms with Gasteiger partial charge in [-0.15, -0.1) is 0 Å². The van der Waals surface area contributed by atoms with Gasteiger partial charge in [0.15, 0.2) is 17.1 Å². The molecule has 4 heteroatoms. The summed E-state index contributed by atoms with van der Waals surface area (Å²) in [5.41, 5.74) is 10.2. The maximum absolute atomic E-state index is 5.87. The van der Waals surface area contributed by atoms with Gasteiger partial charge in [0, 0.05) is 17.7 Å². The Kier molecular flexibility index (Phi) is 4.18. The summed E-state index contributed by atoms with van der Waals surface area (Å²) < 4.78 is 10.4. The van der Waals surface area contributed by atoms with E-state index >= 15 is 0 Å². The molecule has 2 heterocycles. The third-order valence-corrected chi connectivity index (χ3v) is 4.97. The minimum absolute atomic E-state index is 0.795. The summed E-state index contributed by atoms with van der Waals surface area (Å²) in [6.45, 7) is 1.05. The van der Waals surface area contributed by atoms with E-state index in [4.69, 9.17) is 10.5 Å². The Morgan fingerprint density at radius 3 is 2.60 bits per heavy atom. The molecule has 3 aromatic rings. The van der Waals surface area contributed by atoms with Crippen molar-refractivity contribution in [3.63, 3.8) is 0 Å². The second kappa shape index (κ2) is 6.63. The fourth-order valence-electron chi connectivity index (χ4n) is 3.69. The lowest BCUT2D eigenvalue weighted by Crippen LogP contribution is -2.38. The number of nitrogens with two attached hydrogens (primary N) is 1. The second-order valence-corrected chi connectivity index (χ2v) is 6.56. The fraction of sp³-hybridized carbons (Fsp3) is 0.286. The van der Waals surface area contributed by atoms with Gasteiger partial charge in [-0.1, -0.05) is 12.1 Å². The number of anilines is 1. The lowest BCUT2D eigenvalue weighted by Gasteiger charge is -2.06. The molecular weight excluding hydrogens is 310 g/mol. The van der Waals surface area contributed by atoms with E-state index in [0.29, 0.717) is 0 Å². The van der Waals surface area contributed by atoms with Crippen LogP contribution in [0.1, 0.15) is 25.1 Å². The van der Waals surface area contributed by atoms with Crippen molar-refractivity contribution in [1.29, 1.82) is 0 Å². The molecule has 0 unspecified atom stereocenters. The zero-order chi connectivity index (χ0) is 17.2. The number of nitrogen functional groups attached to an aromatic ring is 1. The van der Waals surface area contributed by atoms with E-state index in [2.05, 4.69) is 39.6 Å². The SMILES string of the molecule is COc1ccccc1-n1cc(-c2ccc(N)cc2)[n+]2c1CCCCC2. The normalized spacial score (nSPS) is 14.0. The van der Waals surface area contributed by atoms with Crippen LogP contribution in [0.15, 0.2) is 54.7 Å². The average Bonchev–Trinajstić information content (AvgIpc) is 2.83. The van der Waals surface area contributed by atoms with Crippen molar-refractivity contribution in [2.24, 2.45) is 0 Å². The standard InChI is InChI=1S/C21H24N3O/c1-25-20-8-5-4-7-18(20)24-15-19(16-10-12-17(22)13-11-16)23-14-6-2-3-9-21(23)24/h4-5,7-8,10-13,15H,2-3,6,9,14,22H2,1H3/q+1. The van der Waals surface area contributed by atoms with Gasteiger partial charge in [0.1, 0.15) is 6.20 Å². The Balaban J connectivity index is 1.92. The van der Waals surface area contributed by atoms with E-state index in [9.17, 15) is 0 Å². The number of methoxy groups -OCH3 is 1. The number of rotatable bonds is 3. The first-order valence-corrected chi connectivity index (χ1v) is 8.91. The summed E-state index contributed by atoms with van der Waals surface area (Å²) in [5.74, 6) is 2.24. The molecule has 1 aromatic heterocycles. The van der Waals surface area contributed by atoms with E-state index in [1.165, 1.54) is 36.3 Å². The van der Waals surface area contributed by atoms with Gasteiger partial charge in [0.05, 0.1) is 13.7 Å². The van der Waals surface area contributed by atoms with Gasteiger partial charge in [-0.3, -0.25) is 0 Å². The first kappa shape index (κ1) is 15.8. The topological polar surface area (TPSA) is 44.1 Å². The molecule has 0 atom stereocenters. The minimum atomic E-state index is 0.795. The maximum Gasteiger partial charge on any atom is 0.262 e. The Bertz CT molecular complexity index is 881. The lowest BCUT2D eigenvalue weighted by molar-refractivity contribution is -0.692. The summed E-state index contributed by atoms with van der Waals surface area (Å²) in [6, 6.07) is 16.4. The van der Waals surface area contributed by atoms with Crippen LogP contribution < -0.4 is 15.0 Å². The number of imidazole rings is 1. The molecule has 128 valence electrons. The minimum Gasteiger partial charge on any atom is -0.492 e. The zero-order valence-corrected chi connectivity index (χ0v) is 14.6. The summed E-state index contributed by atoms with van der Waals surface area (Å²) in [4.78, 5) is 0. The van der Waals surface area contributed by atoms with Crippen molar-refractivity contribution in [2.45, 2.75) is 32.2 Å². The molecule has 2 N–H and O–H groups in total. The van der Waals surface area contributed by atoms with Crippen molar-refractivity contribution >= 4 is 5.69 Å². The van der Waals surface area contributed by atoms with E-state index in [1.807, 2.05) is 24.3 Å². The van der Waals surface area contributed by atoms with Crippen LogP contribution in [0.2, 0.25) is 0 Å². The van der Waals surface area contributed by atoms with Gasteiger partial charge in [-0.2, -0.15) is 4.57 Å². The Morgan fingerprint density at radius 1 is 1.00 bits per heavy atom. The fourth-order valence-corrected chi connectivity index (χ4v) is 3.69. The maximum atomic E-state index is 5.87. The summed E-state index contributed by atoms with van der Waals surface area (Å²) in [5, 5.41) is 0. The average molecular weight is 334 g/mol. The predicted octanol–water partition coefficient (Wildman–Crippen LogP) is 3.75. The highest BCUT2D eigenvalue weighted by atomic mass is 16.5. The highest BCUT2D eigenvalue weighted by Crippen LogP contribution is 2.28. The first-order valence-electron chi connectivity index (χ1n) is 8.91. The number of para-hydroxylation sites is 2. The molecule has 0 saturated carbocycles. The molecule has 0 spiro atoms. The van der Waals surface area contributed by atoms with E-state index in [0.717, 1.165) is 30.1 Å². The predicted molar refractivity (Wildman–Crippen MR) is 99.9 cm³/mol. The molecule has 4 nitrogen and oxygen atoms in total. The van der Waals surface area contributed by atoms with Gasteiger partial charge in [0.2, 0.25) is 0 Å². The van der Waals surface area contributed by atoms with Crippen LogP contribution in [-0.4, -0.2) is 11.7 Å². The third-order valence-electron chi connectivity index (χ3n) is 4.97. The molecule has 2 aromatic carbocycles. The Labute approximate surface area is 148 Å². The quantitative estimate of drug-likeness (QED) is 0.586. The number of ether oxygens (including phenoxy) is 1. The molecule has 1 aliphatic heterocycles. The number of nitrogens with zero attached hydrogens (tertiary/aromatic N) is 2. The van der Waals surface area contributed by atoms with Gasteiger partial charge in [-0.25, -0.2) is 4.57 Å². The number of hydrogen-bond acceptors (Lipinski definition) is 2. The zero-order valence-electron chi connectivity index (χ0n) is 14.6. The molecule has 0 bridgehead atoms. The van der Waals surface area contributed by atoms with Crippen LogP contribution in [0.4, 0.5) is 5.69 Å². The van der Waals surface area contributed by atoms with Crippen molar-refractivity contribution in [3.8, 4) is 22.7 Å². The summed E-state index contributed by atoms with van der Waals surface area (Å²) in [7, 11) is 1.73. The monoisotopic (exact) mass is 334 g/mol. The Hall–Kier alpha value is -2.75. The largest absolute Gasteiger partial charge is 0.492 e. The smallest absolute Gasteiger partial charge is 0.262 e. The van der Waals surface area contributed by atoms with E-state index in [1.54, 1.807) is 7.11 Å². The molecule has 0 fully saturated rings. The molecule has 0 radical (unpaired) electrons. The highest BCUT2D eigenvalue weighted by Gasteiger charge is 2.28. The van der Waals surface area contributed by atoms with Crippen LogP contribution in [0, 0.1) is 0 Å². The van der Waals surface area contributed by atoms with Gasteiger partial charge < -0.3 is 10.5 Å². The van der Waals surface area contributed by atoms with Gasteiger partial charge in [-0.05, 0) is 55.7 Å². The van der Waals surface area contributed by atoms with E-state index in [-0.39, 0.29) is 0 Å². The second-order valence-electron chi connectivity index (χ2n) is 6.56. The van der Waals surface area contributed by atoms with Crippen LogP contribution in [0.25, 0.3) is 16.9 Å². The molecule has 1 aliphatic rings. The third kappa shape index (κ3) is 2.88. The lowest BCUT2D eigenvalue weighted by atomic mass is 10.1. The van der Waals surface area contributed by atoms with Crippen LogP contribution in [-0.2, 0) is 13.0 Å². The number of aromatic nitrogens is 2. The van der Waals surface area contributed by atoms with Crippen LogP contribution in [0.5, 0.6) is 5.75 Å². The van der Waals surface area contributed by atoms with Crippen molar-refractivity contribution < 1.29 is 9.30 Å². The summed E-state index contributed by atoms with van der Waals surface area (Å²) >= 11 is 0. The molecule has 0 amide bonds. The van der Waals surface area contributed by atoms with Crippen molar-refractivity contribution in [1.82, 2.24) is 4.57 Å². The summed E-state index contributed by atoms with van der Waals surface area (Å²) in [6.07, 6.45) is 7.03. The number of fused-ring (bicyclic) bond motifs is 1. The van der Waals surface area contributed by atoms with Gasteiger partial charge >= 0.3 is 0 Å². The first-order chi connectivity index (χ1) is 12.3. The van der Waals surface area contributed by atoms with Crippen molar-refractivity contribution in [3.05, 3.63) is 60.6 Å². The molecular formula is C21H24N3O+.